The minimum atomic E-state index is -0.834. The smallest absolute Gasteiger partial charge is 0.320 e. The van der Waals surface area contributed by atoms with Crippen molar-refractivity contribution in [2.45, 2.75) is 46.2 Å². The molecule has 0 radical (unpaired) electrons. The van der Waals surface area contributed by atoms with E-state index in [9.17, 15) is 4.79 Å². The summed E-state index contributed by atoms with van der Waals surface area (Å²) in [6, 6.07) is -0.558. The highest BCUT2D eigenvalue weighted by atomic mass is 16.4. The molecule has 0 fully saturated rings. The zero-order chi connectivity index (χ0) is 15.0. The van der Waals surface area contributed by atoms with E-state index >= 15 is 0 Å². The third-order valence-corrected chi connectivity index (χ3v) is 2.98. The average molecular weight is 280 g/mol. The van der Waals surface area contributed by atoms with E-state index in [1.165, 1.54) is 0 Å². The number of carboxylic acid groups (broad SMARTS) is 1. The minimum Gasteiger partial charge on any atom is -0.480 e. The molecule has 1 rings (SSSR count). The quantitative estimate of drug-likeness (QED) is 0.599. The Balaban J connectivity index is 2.46. The van der Waals surface area contributed by atoms with E-state index in [0.29, 0.717) is 12.5 Å². The molecule has 0 spiro atoms. The molecule has 0 saturated carbocycles. The van der Waals surface area contributed by atoms with Gasteiger partial charge in [-0.05, 0) is 12.3 Å². The Labute approximate surface area is 120 Å². The normalized spacial score (nSPS) is 12.4. The van der Waals surface area contributed by atoms with Crippen LogP contribution in [0.1, 0.15) is 39.2 Å². The summed E-state index contributed by atoms with van der Waals surface area (Å²) >= 11 is 0. The zero-order valence-corrected chi connectivity index (χ0v) is 12.4. The molecule has 20 heavy (non-hydrogen) atoms. The van der Waals surface area contributed by atoms with Gasteiger partial charge in [-0.1, -0.05) is 27.2 Å². The topological polar surface area (TPSA) is 87.1 Å². The number of hydrogen-bond donors (Lipinski definition) is 3. The summed E-state index contributed by atoms with van der Waals surface area (Å²) in [5.74, 6) is -0.192. The first-order chi connectivity index (χ1) is 9.54. The predicted octanol–water partition coefficient (Wildman–Crippen LogP) is 1.89. The van der Waals surface area contributed by atoms with Gasteiger partial charge in [0.15, 0.2) is 0 Å². The lowest BCUT2D eigenvalue weighted by Gasteiger charge is -2.17. The molecular formula is C14H24N4O2. The van der Waals surface area contributed by atoms with Crippen molar-refractivity contribution in [3.63, 3.8) is 0 Å². The SMILES string of the molecule is CCCCNc1ncc(CN[C@H](C(=O)O)C(C)C)cn1. The van der Waals surface area contributed by atoms with E-state index in [4.69, 9.17) is 5.11 Å². The van der Waals surface area contributed by atoms with E-state index in [2.05, 4.69) is 27.5 Å². The van der Waals surface area contributed by atoms with Crippen LogP contribution in [0.5, 0.6) is 0 Å². The lowest BCUT2D eigenvalue weighted by Crippen LogP contribution is -2.40. The molecule has 1 atom stereocenters. The number of nitrogens with one attached hydrogen (secondary N) is 2. The van der Waals surface area contributed by atoms with Crippen LogP contribution < -0.4 is 10.6 Å². The van der Waals surface area contributed by atoms with Gasteiger partial charge in [0, 0.05) is 31.0 Å². The van der Waals surface area contributed by atoms with Crippen LogP contribution in [0.4, 0.5) is 5.95 Å². The van der Waals surface area contributed by atoms with Crippen LogP contribution in [0.3, 0.4) is 0 Å². The number of hydrogen-bond acceptors (Lipinski definition) is 5. The summed E-state index contributed by atoms with van der Waals surface area (Å²) in [5, 5.41) is 15.2. The average Bonchev–Trinajstić information content (AvgIpc) is 2.40. The second kappa shape index (κ2) is 8.47. The van der Waals surface area contributed by atoms with Gasteiger partial charge in [0.05, 0.1) is 0 Å². The third kappa shape index (κ3) is 5.52. The summed E-state index contributed by atoms with van der Waals surface area (Å²) in [4.78, 5) is 19.5. The molecule has 6 heteroatoms. The lowest BCUT2D eigenvalue weighted by molar-refractivity contribution is -0.140. The van der Waals surface area contributed by atoms with Crippen molar-refractivity contribution in [2.24, 2.45) is 5.92 Å². The Kier molecular flexibility index (Phi) is 6.93. The molecule has 0 aliphatic carbocycles. The molecule has 0 aliphatic rings. The Morgan fingerprint density at radius 1 is 1.35 bits per heavy atom. The highest BCUT2D eigenvalue weighted by Gasteiger charge is 2.20. The number of aromatic nitrogens is 2. The third-order valence-electron chi connectivity index (χ3n) is 2.98. The van der Waals surface area contributed by atoms with Gasteiger partial charge in [0.2, 0.25) is 5.95 Å². The number of unbranched alkanes of at least 4 members (excludes halogenated alkanes) is 1. The largest absolute Gasteiger partial charge is 0.480 e. The molecule has 1 heterocycles. The van der Waals surface area contributed by atoms with Gasteiger partial charge < -0.3 is 10.4 Å². The second-order valence-corrected chi connectivity index (χ2v) is 5.14. The fourth-order valence-corrected chi connectivity index (χ4v) is 1.75. The first kappa shape index (κ1) is 16.4. The molecule has 0 aliphatic heterocycles. The maximum atomic E-state index is 11.1. The first-order valence-corrected chi connectivity index (χ1v) is 7.05. The summed E-state index contributed by atoms with van der Waals surface area (Å²) in [7, 11) is 0. The van der Waals surface area contributed by atoms with Crippen molar-refractivity contribution in [1.82, 2.24) is 15.3 Å². The molecule has 3 N–H and O–H groups in total. The fourth-order valence-electron chi connectivity index (χ4n) is 1.75. The van der Waals surface area contributed by atoms with E-state index < -0.39 is 12.0 Å². The van der Waals surface area contributed by atoms with Crippen LogP contribution in [-0.4, -0.2) is 33.6 Å². The molecule has 1 aromatic rings. The van der Waals surface area contributed by atoms with Crippen LogP contribution >= 0.6 is 0 Å². The molecule has 6 nitrogen and oxygen atoms in total. The molecular weight excluding hydrogens is 256 g/mol. The van der Waals surface area contributed by atoms with Crippen molar-refractivity contribution >= 4 is 11.9 Å². The Bertz CT molecular complexity index is 406. The van der Waals surface area contributed by atoms with Crippen LogP contribution in [0.2, 0.25) is 0 Å². The van der Waals surface area contributed by atoms with Gasteiger partial charge in [-0.25, -0.2) is 9.97 Å². The maximum absolute atomic E-state index is 11.1. The van der Waals surface area contributed by atoms with Gasteiger partial charge in [-0.3, -0.25) is 10.1 Å². The monoisotopic (exact) mass is 280 g/mol. The Morgan fingerprint density at radius 3 is 2.50 bits per heavy atom. The first-order valence-electron chi connectivity index (χ1n) is 7.05. The number of carboxylic acids is 1. The molecule has 0 bridgehead atoms. The van der Waals surface area contributed by atoms with Crippen LogP contribution in [-0.2, 0) is 11.3 Å². The number of anilines is 1. The molecule has 0 unspecified atom stereocenters. The molecule has 0 saturated heterocycles. The van der Waals surface area contributed by atoms with E-state index in [1.807, 2.05) is 13.8 Å². The van der Waals surface area contributed by atoms with Crippen molar-refractivity contribution < 1.29 is 9.90 Å². The molecule has 1 aromatic heterocycles. The number of aliphatic carboxylic acids is 1. The maximum Gasteiger partial charge on any atom is 0.320 e. The Hall–Kier alpha value is -1.69. The molecule has 0 aromatic carbocycles. The minimum absolute atomic E-state index is 0.0309. The van der Waals surface area contributed by atoms with Gasteiger partial charge in [0.1, 0.15) is 6.04 Å². The number of nitrogens with zero attached hydrogens (tertiary/aromatic N) is 2. The van der Waals surface area contributed by atoms with E-state index in [-0.39, 0.29) is 5.92 Å². The van der Waals surface area contributed by atoms with Gasteiger partial charge in [-0.2, -0.15) is 0 Å². The summed E-state index contributed by atoms with van der Waals surface area (Å²) < 4.78 is 0. The van der Waals surface area contributed by atoms with Gasteiger partial charge in [-0.15, -0.1) is 0 Å². The number of rotatable bonds is 9. The highest BCUT2D eigenvalue weighted by Crippen LogP contribution is 2.05. The predicted molar refractivity (Wildman–Crippen MR) is 78.5 cm³/mol. The Morgan fingerprint density at radius 2 is 2.00 bits per heavy atom. The molecule has 0 amide bonds. The van der Waals surface area contributed by atoms with Crippen LogP contribution in [0.15, 0.2) is 12.4 Å². The van der Waals surface area contributed by atoms with Crippen LogP contribution in [0.25, 0.3) is 0 Å². The zero-order valence-electron chi connectivity index (χ0n) is 12.4. The fraction of sp³-hybridized carbons (Fsp3) is 0.643. The summed E-state index contributed by atoms with van der Waals surface area (Å²) in [5.41, 5.74) is 0.873. The number of carbonyl (C=O) groups is 1. The van der Waals surface area contributed by atoms with Crippen molar-refractivity contribution in [3.8, 4) is 0 Å². The van der Waals surface area contributed by atoms with Crippen molar-refractivity contribution in [3.05, 3.63) is 18.0 Å². The van der Waals surface area contributed by atoms with E-state index in [1.54, 1.807) is 12.4 Å². The summed E-state index contributed by atoms with van der Waals surface area (Å²) in [6.45, 7) is 7.20. The lowest BCUT2D eigenvalue weighted by atomic mass is 10.0. The van der Waals surface area contributed by atoms with Gasteiger partial charge >= 0.3 is 5.97 Å². The van der Waals surface area contributed by atoms with Gasteiger partial charge in [0.25, 0.3) is 0 Å². The van der Waals surface area contributed by atoms with Crippen molar-refractivity contribution in [2.75, 3.05) is 11.9 Å². The second-order valence-electron chi connectivity index (χ2n) is 5.14. The van der Waals surface area contributed by atoms with E-state index in [0.717, 1.165) is 24.9 Å². The van der Waals surface area contributed by atoms with Crippen molar-refractivity contribution in [1.29, 1.82) is 0 Å². The summed E-state index contributed by atoms with van der Waals surface area (Å²) in [6.07, 6.45) is 5.64. The molecule has 112 valence electrons. The van der Waals surface area contributed by atoms with Crippen LogP contribution in [0, 0.1) is 5.92 Å². The standard InChI is InChI=1S/C14H24N4O2/c1-4-5-6-15-14-17-8-11(9-18-14)7-16-12(10(2)3)13(19)20/h8-10,12,16H,4-7H2,1-3H3,(H,19,20)(H,15,17,18)/t12-/m0/s1. The highest BCUT2D eigenvalue weighted by molar-refractivity contribution is 5.73.